The molecule has 0 saturated heterocycles. The highest BCUT2D eigenvalue weighted by atomic mass is 15.2. The SMILES string of the molecule is Cc1c(N)n[nH]c1-c1ccc2c(c1)CCCC2. The molecule has 1 aromatic heterocycles. The summed E-state index contributed by atoms with van der Waals surface area (Å²) >= 11 is 0. The van der Waals surface area contributed by atoms with E-state index in [4.69, 9.17) is 5.73 Å². The lowest BCUT2D eigenvalue weighted by Crippen LogP contribution is -2.02. The van der Waals surface area contributed by atoms with Gasteiger partial charge in [-0.05, 0) is 49.8 Å². The highest BCUT2D eigenvalue weighted by molar-refractivity contribution is 5.68. The number of fused-ring (bicyclic) bond motifs is 1. The highest BCUT2D eigenvalue weighted by Gasteiger charge is 2.13. The summed E-state index contributed by atoms with van der Waals surface area (Å²) in [6.07, 6.45) is 5.05. The van der Waals surface area contributed by atoms with Crippen LogP contribution >= 0.6 is 0 Å². The number of nitrogen functional groups attached to an aromatic ring is 1. The molecule has 17 heavy (non-hydrogen) atoms. The van der Waals surface area contributed by atoms with Crippen LogP contribution in [-0.4, -0.2) is 10.2 Å². The summed E-state index contributed by atoms with van der Waals surface area (Å²) in [6.45, 7) is 2.01. The second-order valence-corrected chi connectivity index (χ2v) is 4.80. The third kappa shape index (κ3) is 1.71. The topological polar surface area (TPSA) is 54.7 Å². The lowest BCUT2D eigenvalue weighted by atomic mass is 9.89. The molecule has 3 nitrogen and oxygen atoms in total. The van der Waals surface area contributed by atoms with E-state index in [-0.39, 0.29) is 0 Å². The molecule has 0 amide bonds. The Labute approximate surface area is 101 Å². The standard InChI is InChI=1S/C14H17N3/c1-9-13(16-17-14(9)15)12-7-6-10-4-2-3-5-11(10)8-12/h6-8H,2-5H2,1H3,(H3,15,16,17). The molecule has 3 heteroatoms. The number of aromatic nitrogens is 2. The van der Waals surface area contributed by atoms with Gasteiger partial charge in [0.05, 0.1) is 5.69 Å². The molecule has 1 heterocycles. The molecule has 0 bridgehead atoms. The predicted octanol–water partition coefficient (Wildman–Crippen LogP) is 2.85. The van der Waals surface area contributed by atoms with Gasteiger partial charge in [0, 0.05) is 11.1 Å². The molecule has 0 saturated carbocycles. The van der Waals surface area contributed by atoms with Gasteiger partial charge in [0.15, 0.2) is 0 Å². The summed E-state index contributed by atoms with van der Waals surface area (Å²) in [5.41, 5.74) is 12.1. The molecule has 0 spiro atoms. The van der Waals surface area contributed by atoms with Gasteiger partial charge >= 0.3 is 0 Å². The molecule has 88 valence electrons. The zero-order valence-corrected chi connectivity index (χ0v) is 10.1. The van der Waals surface area contributed by atoms with Crippen LogP contribution in [0, 0.1) is 6.92 Å². The normalized spacial score (nSPS) is 14.6. The van der Waals surface area contributed by atoms with Crippen LogP contribution in [-0.2, 0) is 12.8 Å². The number of aromatic amines is 1. The first kappa shape index (κ1) is 10.4. The van der Waals surface area contributed by atoms with Crippen molar-refractivity contribution in [2.45, 2.75) is 32.6 Å². The van der Waals surface area contributed by atoms with Gasteiger partial charge in [0.1, 0.15) is 5.82 Å². The second-order valence-electron chi connectivity index (χ2n) is 4.80. The van der Waals surface area contributed by atoms with E-state index in [0.717, 1.165) is 11.3 Å². The maximum absolute atomic E-state index is 5.77. The number of aryl methyl sites for hydroxylation is 2. The third-order valence-corrected chi connectivity index (χ3v) is 3.68. The van der Waals surface area contributed by atoms with Gasteiger partial charge in [0.25, 0.3) is 0 Å². The van der Waals surface area contributed by atoms with Crippen LogP contribution in [0.3, 0.4) is 0 Å². The van der Waals surface area contributed by atoms with Crippen molar-refractivity contribution >= 4 is 5.82 Å². The molecule has 1 aliphatic carbocycles. The molecule has 0 aliphatic heterocycles. The third-order valence-electron chi connectivity index (χ3n) is 3.68. The van der Waals surface area contributed by atoms with E-state index in [1.165, 1.54) is 42.4 Å². The number of nitrogens with zero attached hydrogens (tertiary/aromatic N) is 1. The number of nitrogens with two attached hydrogens (primary N) is 1. The zero-order chi connectivity index (χ0) is 11.8. The maximum atomic E-state index is 5.77. The van der Waals surface area contributed by atoms with Gasteiger partial charge in [-0.1, -0.05) is 12.1 Å². The number of nitrogens with one attached hydrogen (secondary N) is 1. The van der Waals surface area contributed by atoms with E-state index in [9.17, 15) is 0 Å². The lowest BCUT2D eigenvalue weighted by Gasteiger charge is -2.16. The Balaban J connectivity index is 2.07. The number of hydrogen-bond donors (Lipinski definition) is 2. The number of H-pyrrole nitrogens is 1. The first-order valence-electron chi connectivity index (χ1n) is 6.18. The van der Waals surface area contributed by atoms with Crippen LogP contribution in [0.5, 0.6) is 0 Å². The number of benzene rings is 1. The van der Waals surface area contributed by atoms with Crippen molar-refractivity contribution in [2.24, 2.45) is 0 Å². The van der Waals surface area contributed by atoms with Crippen molar-refractivity contribution in [1.29, 1.82) is 0 Å². The largest absolute Gasteiger partial charge is 0.382 e. The molecule has 2 aromatic rings. The van der Waals surface area contributed by atoms with Crippen molar-refractivity contribution in [3.63, 3.8) is 0 Å². The van der Waals surface area contributed by atoms with Gasteiger partial charge < -0.3 is 5.73 Å². The van der Waals surface area contributed by atoms with E-state index in [0.29, 0.717) is 5.82 Å². The average Bonchev–Trinajstić information content (AvgIpc) is 2.70. The molecule has 3 rings (SSSR count). The quantitative estimate of drug-likeness (QED) is 0.787. The number of hydrogen-bond acceptors (Lipinski definition) is 2. The average molecular weight is 227 g/mol. The summed E-state index contributed by atoms with van der Waals surface area (Å²) in [6, 6.07) is 6.71. The molecule has 0 unspecified atom stereocenters. The Bertz CT molecular complexity index is 555. The van der Waals surface area contributed by atoms with Crippen LogP contribution in [0.1, 0.15) is 29.5 Å². The minimum atomic E-state index is 0.595. The van der Waals surface area contributed by atoms with E-state index in [1.54, 1.807) is 0 Å². The first-order chi connectivity index (χ1) is 8.25. The van der Waals surface area contributed by atoms with Gasteiger partial charge in [0.2, 0.25) is 0 Å². The van der Waals surface area contributed by atoms with Crippen LogP contribution < -0.4 is 5.73 Å². The summed E-state index contributed by atoms with van der Waals surface area (Å²) < 4.78 is 0. The van der Waals surface area contributed by atoms with E-state index >= 15 is 0 Å². The smallest absolute Gasteiger partial charge is 0.148 e. The van der Waals surface area contributed by atoms with Gasteiger partial charge in [-0.25, -0.2) is 0 Å². The fourth-order valence-corrected chi connectivity index (χ4v) is 2.58. The molecule has 0 atom stereocenters. The Morgan fingerprint density at radius 1 is 1.18 bits per heavy atom. The van der Waals surface area contributed by atoms with E-state index < -0.39 is 0 Å². The Morgan fingerprint density at radius 2 is 1.94 bits per heavy atom. The van der Waals surface area contributed by atoms with Gasteiger partial charge in [-0.15, -0.1) is 0 Å². The van der Waals surface area contributed by atoms with Crippen molar-refractivity contribution in [2.75, 3.05) is 5.73 Å². The highest BCUT2D eigenvalue weighted by Crippen LogP contribution is 2.29. The summed E-state index contributed by atoms with van der Waals surface area (Å²) in [5, 5.41) is 7.08. The molecular weight excluding hydrogens is 210 g/mol. The second kappa shape index (κ2) is 3.91. The molecule has 1 aromatic carbocycles. The van der Waals surface area contributed by atoms with Crippen LogP contribution in [0.4, 0.5) is 5.82 Å². The van der Waals surface area contributed by atoms with Gasteiger partial charge in [-0.3, -0.25) is 5.10 Å². The van der Waals surface area contributed by atoms with Crippen molar-refractivity contribution in [3.8, 4) is 11.3 Å². The predicted molar refractivity (Wildman–Crippen MR) is 69.8 cm³/mol. The Morgan fingerprint density at radius 3 is 2.65 bits per heavy atom. The van der Waals surface area contributed by atoms with E-state index in [1.807, 2.05) is 6.92 Å². The monoisotopic (exact) mass is 227 g/mol. The van der Waals surface area contributed by atoms with Crippen LogP contribution in [0.25, 0.3) is 11.3 Å². The van der Waals surface area contributed by atoms with Crippen molar-refractivity contribution < 1.29 is 0 Å². The van der Waals surface area contributed by atoms with E-state index in [2.05, 4.69) is 28.4 Å². The molecule has 0 fully saturated rings. The minimum Gasteiger partial charge on any atom is -0.382 e. The lowest BCUT2D eigenvalue weighted by molar-refractivity contribution is 0.686. The molecule has 3 N–H and O–H groups in total. The van der Waals surface area contributed by atoms with Crippen molar-refractivity contribution in [1.82, 2.24) is 10.2 Å². The Kier molecular flexibility index (Phi) is 2.39. The first-order valence-corrected chi connectivity index (χ1v) is 6.18. The fourth-order valence-electron chi connectivity index (χ4n) is 2.58. The summed E-state index contributed by atoms with van der Waals surface area (Å²) in [5.74, 6) is 0.595. The maximum Gasteiger partial charge on any atom is 0.148 e. The number of rotatable bonds is 1. The molecular formula is C14H17N3. The minimum absolute atomic E-state index is 0.595. The summed E-state index contributed by atoms with van der Waals surface area (Å²) in [4.78, 5) is 0. The summed E-state index contributed by atoms with van der Waals surface area (Å²) in [7, 11) is 0. The van der Waals surface area contributed by atoms with Gasteiger partial charge in [-0.2, -0.15) is 5.10 Å². The van der Waals surface area contributed by atoms with Crippen LogP contribution in [0.15, 0.2) is 18.2 Å². The fraction of sp³-hybridized carbons (Fsp3) is 0.357. The van der Waals surface area contributed by atoms with Crippen molar-refractivity contribution in [3.05, 3.63) is 34.9 Å². The molecule has 0 radical (unpaired) electrons. The number of anilines is 1. The zero-order valence-electron chi connectivity index (χ0n) is 10.1. The molecule has 1 aliphatic rings. The Hall–Kier alpha value is -1.77. The van der Waals surface area contributed by atoms with Crippen LogP contribution in [0.2, 0.25) is 0 Å².